The highest BCUT2D eigenvalue weighted by Crippen LogP contribution is 2.32. The third-order valence-corrected chi connectivity index (χ3v) is 7.85. The van der Waals surface area contributed by atoms with Gasteiger partial charge in [0.15, 0.2) is 0 Å². The molecule has 0 unspecified atom stereocenters. The molecular formula is C28H34ClN5O3. The van der Waals surface area contributed by atoms with Crippen molar-refractivity contribution >= 4 is 40.7 Å². The number of halogens is 1. The Balaban J connectivity index is 1.33. The van der Waals surface area contributed by atoms with Crippen LogP contribution in [0.4, 0.5) is 11.4 Å². The molecule has 2 saturated heterocycles. The van der Waals surface area contributed by atoms with Crippen molar-refractivity contribution in [1.82, 2.24) is 15.1 Å². The Morgan fingerprint density at radius 3 is 2.14 bits per heavy atom. The summed E-state index contributed by atoms with van der Waals surface area (Å²) in [6.45, 7) is 5.29. The Labute approximate surface area is 222 Å². The van der Waals surface area contributed by atoms with Gasteiger partial charge in [0.1, 0.15) is 0 Å². The van der Waals surface area contributed by atoms with Crippen molar-refractivity contribution in [1.29, 1.82) is 0 Å². The molecule has 0 spiro atoms. The van der Waals surface area contributed by atoms with E-state index < -0.39 is 0 Å². The summed E-state index contributed by atoms with van der Waals surface area (Å²) in [7, 11) is 0. The highest BCUT2D eigenvalue weighted by molar-refractivity contribution is 6.31. The summed E-state index contributed by atoms with van der Waals surface area (Å²) in [5.41, 5.74) is 2.73. The lowest BCUT2D eigenvalue weighted by atomic mass is 10.1. The normalized spacial score (nSPS) is 18.7. The zero-order chi connectivity index (χ0) is 25.8. The minimum atomic E-state index is -0.0334. The predicted octanol–water partition coefficient (Wildman–Crippen LogP) is 3.48. The molecule has 0 atom stereocenters. The second kappa shape index (κ2) is 11.5. The van der Waals surface area contributed by atoms with E-state index >= 15 is 0 Å². The first-order chi connectivity index (χ1) is 18.0. The molecule has 1 saturated carbocycles. The lowest BCUT2D eigenvalue weighted by Crippen LogP contribution is -2.49. The number of hydrogen-bond acceptors (Lipinski definition) is 5. The molecule has 3 fully saturated rings. The van der Waals surface area contributed by atoms with Gasteiger partial charge in [-0.3, -0.25) is 14.4 Å². The van der Waals surface area contributed by atoms with E-state index in [4.69, 9.17) is 11.6 Å². The molecule has 2 aliphatic heterocycles. The number of rotatable bonds is 5. The first-order valence-electron chi connectivity index (χ1n) is 13.2. The molecule has 1 aliphatic carbocycles. The highest BCUT2D eigenvalue weighted by atomic mass is 35.5. The second-order valence-electron chi connectivity index (χ2n) is 10.0. The summed E-state index contributed by atoms with van der Waals surface area (Å²) < 4.78 is 0. The third-order valence-electron chi connectivity index (χ3n) is 7.61. The molecular weight excluding hydrogens is 490 g/mol. The van der Waals surface area contributed by atoms with E-state index in [1.165, 1.54) is 0 Å². The quantitative estimate of drug-likeness (QED) is 0.627. The Kier molecular flexibility index (Phi) is 7.96. The van der Waals surface area contributed by atoms with Crippen LogP contribution < -0.4 is 15.5 Å². The fraction of sp³-hybridized carbons (Fsp3) is 0.464. The van der Waals surface area contributed by atoms with Crippen LogP contribution >= 0.6 is 11.6 Å². The molecule has 0 bridgehead atoms. The van der Waals surface area contributed by atoms with Crippen molar-refractivity contribution in [3.63, 3.8) is 0 Å². The molecule has 3 aliphatic rings. The van der Waals surface area contributed by atoms with Gasteiger partial charge in [-0.15, -0.1) is 0 Å². The Morgan fingerprint density at radius 1 is 0.811 bits per heavy atom. The molecule has 37 heavy (non-hydrogen) atoms. The molecule has 2 aromatic carbocycles. The largest absolute Gasteiger partial charge is 0.366 e. The summed E-state index contributed by atoms with van der Waals surface area (Å²) in [6, 6.07) is 12.6. The van der Waals surface area contributed by atoms with Gasteiger partial charge in [-0.05, 0) is 49.2 Å². The van der Waals surface area contributed by atoms with E-state index in [9.17, 15) is 14.4 Å². The molecule has 2 N–H and O–H groups in total. The molecule has 8 nitrogen and oxygen atoms in total. The maximum Gasteiger partial charge on any atom is 0.254 e. The monoisotopic (exact) mass is 523 g/mol. The average molecular weight is 524 g/mol. The van der Waals surface area contributed by atoms with Crippen LogP contribution in [0.3, 0.4) is 0 Å². The van der Waals surface area contributed by atoms with Gasteiger partial charge < -0.3 is 25.3 Å². The first kappa shape index (κ1) is 25.5. The predicted molar refractivity (Wildman–Crippen MR) is 145 cm³/mol. The number of carbonyl (C=O) groups is 3. The summed E-state index contributed by atoms with van der Waals surface area (Å²) in [5.74, 6) is 0.00284. The van der Waals surface area contributed by atoms with Crippen molar-refractivity contribution in [3.05, 3.63) is 58.6 Å². The third kappa shape index (κ3) is 5.91. The van der Waals surface area contributed by atoms with E-state index in [0.717, 1.165) is 44.5 Å². The number of nitrogens with zero attached hydrogens (tertiary/aromatic N) is 3. The molecule has 2 aromatic rings. The van der Waals surface area contributed by atoms with Crippen LogP contribution in [0, 0.1) is 5.92 Å². The Morgan fingerprint density at radius 2 is 1.46 bits per heavy atom. The summed E-state index contributed by atoms with van der Waals surface area (Å²) in [4.78, 5) is 45.1. The number of piperazine rings is 2. The molecule has 2 heterocycles. The van der Waals surface area contributed by atoms with Gasteiger partial charge >= 0.3 is 0 Å². The van der Waals surface area contributed by atoms with E-state index in [2.05, 4.69) is 15.5 Å². The number of nitrogens with one attached hydrogen (secondary N) is 2. The van der Waals surface area contributed by atoms with Gasteiger partial charge in [0, 0.05) is 74.4 Å². The zero-order valence-corrected chi connectivity index (χ0v) is 21.8. The van der Waals surface area contributed by atoms with Crippen LogP contribution in [0.25, 0.3) is 0 Å². The zero-order valence-electron chi connectivity index (χ0n) is 21.0. The Bertz CT molecular complexity index is 1150. The Hall–Kier alpha value is -3.10. The van der Waals surface area contributed by atoms with Crippen molar-refractivity contribution in [2.24, 2.45) is 5.92 Å². The van der Waals surface area contributed by atoms with E-state index in [1.807, 2.05) is 28.0 Å². The molecule has 0 radical (unpaired) electrons. The van der Waals surface area contributed by atoms with Gasteiger partial charge in [-0.1, -0.05) is 30.5 Å². The standard InChI is InChI=1S/C28H34ClN5O3/c29-23-7-3-6-21(18-23)27(36)34-16-14-32(15-17-34)25-9-8-22(28(37)33-12-10-30-11-13-33)19-24(25)31-26(35)20-4-1-2-5-20/h3,6-9,18-20,30H,1-2,4-5,10-17H2,(H,31,35). The number of anilines is 2. The van der Waals surface area contributed by atoms with E-state index in [1.54, 1.807) is 24.3 Å². The van der Waals surface area contributed by atoms with Crippen LogP contribution in [0.2, 0.25) is 5.02 Å². The number of benzene rings is 2. The van der Waals surface area contributed by atoms with Crippen molar-refractivity contribution in [2.45, 2.75) is 25.7 Å². The van der Waals surface area contributed by atoms with Gasteiger partial charge in [-0.25, -0.2) is 0 Å². The van der Waals surface area contributed by atoms with Crippen LogP contribution in [0.5, 0.6) is 0 Å². The van der Waals surface area contributed by atoms with Crippen molar-refractivity contribution in [3.8, 4) is 0 Å². The molecule has 3 amide bonds. The second-order valence-corrected chi connectivity index (χ2v) is 10.5. The summed E-state index contributed by atoms with van der Waals surface area (Å²) in [5, 5.41) is 6.97. The number of hydrogen-bond donors (Lipinski definition) is 2. The lowest BCUT2D eigenvalue weighted by molar-refractivity contribution is -0.119. The fourth-order valence-corrected chi connectivity index (χ4v) is 5.66. The summed E-state index contributed by atoms with van der Waals surface area (Å²) >= 11 is 6.08. The summed E-state index contributed by atoms with van der Waals surface area (Å²) in [6.07, 6.45) is 3.97. The van der Waals surface area contributed by atoms with Crippen molar-refractivity contribution < 1.29 is 14.4 Å². The van der Waals surface area contributed by atoms with Crippen LogP contribution in [-0.2, 0) is 4.79 Å². The maximum atomic E-state index is 13.2. The van der Waals surface area contributed by atoms with E-state index in [-0.39, 0.29) is 23.6 Å². The SMILES string of the molecule is O=C(Nc1cc(C(=O)N2CCNCC2)ccc1N1CCN(C(=O)c2cccc(Cl)c2)CC1)C1CCCC1. The van der Waals surface area contributed by atoms with Gasteiger partial charge in [-0.2, -0.15) is 0 Å². The minimum Gasteiger partial charge on any atom is -0.366 e. The minimum absolute atomic E-state index is 0.0126. The van der Waals surface area contributed by atoms with E-state index in [0.29, 0.717) is 61.1 Å². The molecule has 0 aromatic heterocycles. The number of carbonyl (C=O) groups excluding carboxylic acids is 3. The van der Waals surface area contributed by atoms with Crippen LogP contribution in [0.1, 0.15) is 46.4 Å². The van der Waals surface area contributed by atoms with Gasteiger partial charge in [0.2, 0.25) is 5.91 Å². The first-order valence-corrected chi connectivity index (χ1v) is 13.6. The van der Waals surface area contributed by atoms with Crippen molar-refractivity contribution in [2.75, 3.05) is 62.6 Å². The van der Waals surface area contributed by atoms with Gasteiger partial charge in [0.05, 0.1) is 11.4 Å². The average Bonchev–Trinajstić information content (AvgIpc) is 3.48. The van der Waals surface area contributed by atoms with Crippen LogP contribution in [-0.4, -0.2) is 79.9 Å². The van der Waals surface area contributed by atoms with Crippen LogP contribution in [0.15, 0.2) is 42.5 Å². The maximum absolute atomic E-state index is 13.2. The van der Waals surface area contributed by atoms with Gasteiger partial charge in [0.25, 0.3) is 11.8 Å². The topological polar surface area (TPSA) is 85.0 Å². The molecule has 5 rings (SSSR count). The lowest BCUT2D eigenvalue weighted by Gasteiger charge is -2.37. The molecule has 9 heteroatoms. The number of amides is 3. The smallest absolute Gasteiger partial charge is 0.254 e. The fourth-order valence-electron chi connectivity index (χ4n) is 5.47. The molecule has 196 valence electrons. The highest BCUT2D eigenvalue weighted by Gasteiger charge is 2.28.